The van der Waals surface area contributed by atoms with Gasteiger partial charge in [-0.1, -0.05) is 6.92 Å². The van der Waals surface area contributed by atoms with Gasteiger partial charge in [0.25, 0.3) is 0 Å². The van der Waals surface area contributed by atoms with Crippen LogP contribution in [-0.4, -0.2) is 18.6 Å². The van der Waals surface area contributed by atoms with Crippen LogP contribution in [0.1, 0.15) is 25.3 Å². The summed E-state index contributed by atoms with van der Waals surface area (Å²) in [6.45, 7) is 2.05. The van der Waals surface area contributed by atoms with Crippen molar-refractivity contribution < 1.29 is 9.53 Å². The molecule has 3 N–H and O–H groups in total. The van der Waals surface area contributed by atoms with E-state index in [1.165, 1.54) is 0 Å². The highest BCUT2D eigenvalue weighted by molar-refractivity contribution is 6.00. The molecular formula is C13H18N2O2. The summed E-state index contributed by atoms with van der Waals surface area (Å²) < 4.78 is 5.24. The number of nitrogens with two attached hydrogens (primary N) is 1. The van der Waals surface area contributed by atoms with E-state index in [-0.39, 0.29) is 5.91 Å². The maximum atomic E-state index is 11.8. The molecule has 1 aliphatic rings. The number of benzene rings is 1. The zero-order valence-electron chi connectivity index (χ0n) is 10.2. The number of ether oxygens (including phenoxy) is 1. The second-order valence-electron chi connectivity index (χ2n) is 4.49. The van der Waals surface area contributed by atoms with E-state index in [9.17, 15) is 4.79 Å². The van der Waals surface area contributed by atoms with Crippen molar-refractivity contribution in [1.82, 2.24) is 0 Å². The molecule has 1 aliphatic carbocycles. The highest BCUT2D eigenvalue weighted by Crippen LogP contribution is 2.33. The molecule has 1 amide bonds. The molecule has 0 aliphatic heterocycles. The van der Waals surface area contributed by atoms with Gasteiger partial charge in [0, 0.05) is 5.69 Å². The predicted octanol–water partition coefficient (Wildman–Crippen LogP) is 1.69. The summed E-state index contributed by atoms with van der Waals surface area (Å²) >= 11 is 0. The average Bonchev–Trinajstić information content (AvgIpc) is 3.08. The van der Waals surface area contributed by atoms with E-state index in [4.69, 9.17) is 10.5 Å². The number of hydrogen-bond acceptors (Lipinski definition) is 3. The molecule has 4 nitrogen and oxygen atoms in total. The molecule has 1 aromatic carbocycles. The number of nitrogens with one attached hydrogen (secondary N) is 1. The SMILES string of the molecule is CCc1cc(NC(=O)C2(N)CC2)ccc1OC. The Morgan fingerprint density at radius 1 is 1.53 bits per heavy atom. The molecule has 0 spiro atoms. The van der Waals surface area contributed by atoms with E-state index in [1.807, 2.05) is 18.2 Å². The van der Waals surface area contributed by atoms with E-state index >= 15 is 0 Å². The van der Waals surface area contributed by atoms with Crippen molar-refractivity contribution in [2.45, 2.75) is 31.7 Å². The fourth-order valence-electron chi connectivity index (χ4n) is 1.75. The van der Waals surface area contributed by atoms with Crippen LogP contribution in [0.25, 0.3) is 0 Å². The lowest BCUT2D eigenvalue weighted by atomic mass is 10.1. The van der Waals surface area contributed by atoms with Gasteiger partial charge in [-0.15, -0.1) is 0 Å². The highest BCUT2D eigenvalue weighted by Gasteiger charge is 2.45. The quantitative estimate of drug-likeness (QED) is 0.833. The van der Waals surface area contributed by atoms with Crippen LogP contribution in [-0.2, 0) is 11.2 Å². The molecule has 2 rings (SSSR count). The lowest BCUT2D eigenvalue weighted by Crippen LogP contribution is -2.37. The third kappa shape index (κ3) is 2.42. The minimum absolute atomic E-state index is 0.0929. The maximum absolute atomic E-state index is 11.8. The number of carbonyl (C=O) groups excluding carboxylic acids is 1. The van der Waals surface area contributed by atoms with Crippen LogP contribution in [0.15, 0.2) is 18.2 Å². The molecule has 0 saturated heterocycles. The Labute approximate surface area is 101 Å². The van der Waals surface area contributed by atoms with Gasteiger partial charge < -0.3 is 15.8 Å². The second-order valence-corrected chi connectivity index (χ2v) is 4.49. The lowest BCUT2D eigenvalue weighted by Gasteiger charge is -2.12. The number of aryl methyl sites for hydroxylation is 1. The zero-order valence-corrected chi connectivity index (χ0v) is 10.2. The van der Waals surface area contributed by atoms with Crippen molar-refractivity contribution in [3.05, 3.63) is 23.8 Å². The van der Waals surface area contributed by atoms with Gasteiger partial charge in [-0.2, -0.15) is 0 Å². The Kier molecular flexibility index (Phi) is 3.07. The van der Waals surface area contributed by atoms with Gasteiger partial charge in [0.15, 0.2) is 0 Å². The molecule has 4 heteroatoms. The Bertz CT molecular complexity index is 439. The van der Waals surface area contributed by atoms with Gasteiger partial charge in [0.2, 0.25) is 5.91 Å². The normalized spacial score (nSPS) is 16.4. The van der Waals surface area contributed by atoms with Crippen LogP contribution in [0.5, 0.6) is 5.75 Å². The standard InChI is InChI=1S/C13H18N2O2/c1-3-9-8-10(4-5-11(9)17-2)15-12(16)13(14)6-7-13/h4-5,8H,3,6-7,14H2,1-2H3,(H,15,16). The first-order valence-corrected chi connectivity index (χ1v) is 5.86. The summed E-state index contributed by atoms with van der Waals surface area (Å²) in [5, 5.41) is 2.85. The largest absolute Gasteiger partial charge is 0.496 e. The fraction of sp³-hybridized carbons (Fsp3) is 0.462. The summed E-state index contributed by atoms with van der Waals surface area (Å²) in [6, 6.07) is 5.63. The van der Waals surface area contributed by atoms with Crippen LogP contribution < -0.4 is 15.8 Å². The molecule has 1 fully saturated rings. The fourth-order valence-corrected chi connectivity index (χ4v) is 1.75. The molecule has 1 aromatic rings. The number of anilines is 1. The molecule has 1 saturated carbocycles. The van der Waals surface area contributed by atoms with Crippen molar-refractivity contribution >= 4 is 11.6 Å². The molecule has 0 aromatic heterocycles. The topological polar surface area (TPSA) is 64.4 Å². The molecule has 92 valence electrons. The van der Waals surface area contributed by atoms with Gasteiger partial charge in [0.1, 0.15) is 5.75 Å². The average molecular weight is 234 g/mol. The summed E-state index contributed by atoms with van der Waals surface area (Å²) in [6.07, 6.45) is 2.41. The van der Waals surface area contributed by atoms with Crippen LogP contribution in [0.2, 0.25) is 0 Å². The van der Waals surface area contributed by atoms with Gasteiger partial charge in [0.05, 0.1) is 12.6 Å². The first-order valence-electron chi connectivity index (χ1n) is 5.86. The van der Waals surface area contributed by atoms with Crippen molar-refractivity contribution in [2.75, 3.05) is 12.4 Å². The number of methoxy groups -OCH3 is 1. The minimum Gasteiger partial charge on any atom is -0.496 e. The van der Waals surface area contributed by atoms with Crippen LogP contribution in [0.4, 0.5) is 5.69 Å². The molecule has 17 heavy (non-hydrogen) atoms. The number of carbonyl (C=O) groups is 1. The summed E-state index contributed by atoms with van der Waals surface area (Å²) in [5.74, 6) is 0.754. The molecule has 0 radical (unpaired) electrons. The number of hydrogen-bond donors (Lipinski definition) is 2. The smallest absolute Gasteiger partial charge is 0.244 e. The van der Waals surface area contributed by atoms with E-state index in [0.717, 1.165) is 36.3 Å². The highest BCUT2D eigenvalue weighted by atomic mass is 16.5. The Morgan fingerprint density at radius 3 is 2.76 bits per heavy atom. The lowest BCUT2D eigenvalue weighted by molar-refractivity contribution is -0.118. The molecule has 0 unspecified atom stereocenters. The molecule has 0 bridgehead atoms. The first-order chi connectivity index (χ1) is 8.09. The first kappa shape index (κ1) is 11.9. The third-order valence-electron chi connectivity index (χ3n) is 3.16. The summed E-state index contributed by atoms with van der Waals surface area (Å²) in [5.41, 5.74) is 7.05. The van der Waals surface area contributed by atoms with Crippen LogP contribution >= 0.6 is 0 Å². The van der Waals surface area contributed by atoms with Gasteiger partial charge in [-0.05, 0) is 43.0 Å². The molecule has 0 heterocycles. The zero-order chi connectivity index (χ0) is 12.5. The van der Waals surface area contributed by atoms with Crippen LogP contribution in [0, 0.1) is 0 Å². The Hall–Kier alpha value is -1.55. The molecule has 0 atom stereocenters. The molecular weight excluding hydrogens is 216 g/mol. The number of amides is 1. The van der Waals surface area contributed by atoms with Crippen molar-refractivity contribution in [3.63, 3.8) is 0 Å². The van der Waals surface area contributed by atoms with E-state index in [0.29, 0.717) is 0 Å². The number of rotatable bonds is 4. The maximum Gasteiger partial charge on any atom is 0.244 e. The third-order valence-corrected chi connectivity index (χ3v) is 3.16. The van der Waals surface area contributed by atoms with E-state index in [2.05, 4.69) is 12.2 Å². The van der Waals surface area contributed by atoms with Gasteiger partial charge in [-0.3, -0.25) is 4.79 Å². The Balaban J connectivity index is 2.14. The van der Waals surface area contributed by atoms with E-state index < -0.39 is 5.54 Å². The second kappa shape index (κ2) is 4.37. The summed E-state index contributed by atoms with van der Waals surface area (Å²) in [7, 11) is 1.64. The van der Waals surface area contributed by atoms with Crippen molar-refractivity contribution in [1.29, 1.82) is 0 Å². The predicted molar refractivity (Wildman–Crippen MR) is 67.2 cm³/mol. The van der Waals surface area contributed by atoms with Crippen molar-refractivity contribution in [2.24, 2.45) is 5.73 Å². The summed E-state index contributed by atoms with van der Waals surface area (Å²) in [4.78, 5) is 11.8. The van der Waals surface area contributed by atoms with E-state index in [1.54, 1.807) is 7.11 Å². The monoisotopic (exact) mass is 234 g/mol. The van der Waals surface area contributed by atoms with Crippen molar-refractivity contribution in [3.8, 4) is 5.75 Å². The Morgan fingerprint density at radius 2 is 2.24 bits per heavy atom. The van der Waals surface area contributed by atoms with Gasteiger partial charge >= 0.3 is 0 Å². The van der Waals surface area contributed by atoms with Crippen LogP contribution in [0.3, 0.4) is 0 Å². The minimum atomic E-state index is -0.633. The van der Waals surface area contributed by atoms with Gasteiger partial charge in [-0.25, -0.2) is 0 Å².